The van der Waals surface area contributed by atoms with E-state index < -0.39 is 17.4 Å². The number of aryl methyl sites for hydroxylation is 2. The molecule has 1 aliphatic heterocycles. The van der Waals surface area contributed by atoms with E-state index in [9.17, 15) is 9.59 Å². The van der Waals surface area contributed by atoms with E-state index in [4.69, 9.17) is 18.9 Å². The van der Waals surface area contributed by atoms with E-state index >= 15 is 0 Å². The average molecular weight is 519 g/mol. The predicted molar refractivity (Wildman–Crippen MR) is 146 cm³/mol. The van der Waals surface area contributed by atoms with Crippen molar-refractivity contribution in [1.29, 1.82) is 0 Å². The first kappa shape index (κ1) is 31.3. The van der Waals surface area contributed by atoms with E-state index in [1.54, 1.807) is 13.8 Å². The first-order valence-electron chi connectivity index (χ1n) is 14.7. The van der Waals surface area contributed by atoms with Gasteiger partial charge in [-0.3, -0.25) is 9.59 Å². The minimum Gasteiger partial charge on any atom is -0.465 e. The topological polar surface area (TPSA) is 71.1 Å². The van der Waals surface area contributed by atoms with Crippen LogP contribution in [0.1, 0.15) is 109 Å². The van der Waals surface area contributed by atoms with Crippen molar-refractivity contribution < 1.29 is 28.5 Å². The van der Waals surface area contributed by atoms with E-state index in [1.165, 1.54) is 44.1 Å². The summed E-state index contributed by atoms with van der Waals surface area (Å²) in [6.45, 7) is 7.36. The molecule has 6 nitrogen and oxygen atoms in total. The van der Waals surface area contributed by atoms with E-state index in [1.807, 2.05) is 0 Å². The molecule has 1 saturated heterocycles. The van der Waals surface area contributed by atoms with Crippen LogP contribution in [-0.2, 0) is 41.4 Å². The number of unbranched alkanes of at least 4 members (excludes halogenated alkanes) is 5. The Morgan fingerprint density at radius 1 is 0.811 bits per heavy atom. The lowest BCUT2D eigenvalue weighted by Gasteiger charge is -2.30. The maximum Gasteiger partial charge on any atom is 0.323 e. The normalized spacial score (nSPS) is 15.9. The monoisotopic (exact) mass is 518 g/mol. The second kappa shape index (κ2) is 18.4. The fourth-order valence-electron chi connectivity index (χ4n) is 4.93. The highest BCUT2D eigenvalue weighted by Crippen LogP contribution is 2.34. The molecule has 0 spiro atoms. The van der Waals surface area contributed by atoms with Crippen LogP contribution < -0.4 is 0 Å². The van der Waals surface area contributed by atoms with Crippen molar-refractivity contribution in [1.82, 2.24) is 0 Å². The summed E-state index contributed by atoms with van der Waals surface area (Å²) in [5.41, 5.74) is 1.11. The van der Waals surface area contributed by atoms with E-state index in [-0.39, 0.29) is 19.5 Å². The Labute approximate surface area is 224 Å². The van der Waals surface area contributed by atoms with Gasteiger partial charge in [-0.15, -0.1) is 0 Å². The number of ether oxygens (including phenoxy) is 4. The van der Waals surface area contributed by atoms with Crippen LogP contribution in [-0.4, -0.2) is 44.7 Å². The highest BCUT2D eigenvalue weighted by Gasteiger charge is 2.48. The maximum atomic E-state index is 13.2. The third-order valence-electron chi connectivity index (χ3n) is 7.20. The largest absolute Gasteiger partial charge is 0.465 e. The van der Waals surface area contributed by atoms with Crippen molar-refractivity contribution in [2.45, 2.75) is 117 Å². The highest BCUT2D eigenvalue weighted by atomic mass is 16.7. The van der Waals surface area contributed by atoms with Gasteiger partial charge >= 0.3 is 11.9 Å². The van der Waals surface area contributed by atoms with Gasteiger partial charge in [-0.05, 0) is 82.8 Å². The van der Waals surface area contributed by atoms with Crippen molar-refractivity contribution in [3.63, 3.8) is 0 Å². The number of carbonyl (C=O) groups excluding carboxylic acids is 2. The van der Waals surface area contributed by atoms with Crippen LogP contribution in [0.3, 0.4) is 0 Å². The lowest BCUT2D eigenvalue weighted by Crippen LogP contribution is -2.43. The van der Waals surface area contributed by atoms with Crippen LogP contribution in [0.25, 0.3) is 0 Å². The Hall–Kier alpha value is -1.92. The zero-order valence-corrected chi connectivity index (χ0v) is 23.6. The van der Waals surface area contributed by atoms with Crippen LogP contribution in [0.4, 0.5) is 0 Å². The molecule has 0 aliphatic carbocycles. The molecule has 1 unspecified atom stereocenters. The summed E-state index contributed by atoms with van der Waals surface area (Å²) in [6, 6.07) is 8.60. The van der Waals surface area contributed by atoms with Crippen LogP contribution in [0.15, 0.2) is 24.3 Å². The molecule has 1 fully saturated rings. The molecule has 37 heavy (non-hydrogen) atoms. The zero-order chi connectivity index (χ0) is 26.8. The molecular formula is C31H50O6. The third-order valence-corrected chi connectivity index (χ3v) is 7.20. The van der Waals surface area contributed by atoms with Gasteiger partial charge in [0.15, 0.2) is 11.7 Å². The molecule has 2 rings (SSSR count). The summed E-state index contributed by atoms with van der Waals surface area (Å²) >= 11 is 0. The van der Waals surface area contributed by atoms with Crippen molar-refractivity contribution in [2.75, 3.05) is 26.4 Å². The van der Waals surface area contributed by atoms with Crippen molar-refractivity contribution >= 4 is 11.9 Å². The molecule has 0 radical (unpaired) electrons. The highest BCUT2D eigenvalue weighted by molar-refractivity contribution is 6.00. The number of hydrogen-bond donors (Lipinski definition) is 0. The zero-order valence-electron chi connectivity index (χ0n) is 23.6. The summed E-state index contributed by atoms with van der Waals surface area (Å²) < 4.78 is 22.3. The van der Waals surface area contributed by atoms with E-state index in [0.29, 0.717) is 32.3 Å². The van der Waals surface area contributed by atoms with Crippen molar-refractivity contribution in [3.05, 3.63) is 35.4 Å². The lowest BCUT2D eigenvalue weighted by atomic mass is 9.78. The maximum absolute atomic E-state index is 13.2. The Kier molecular flexibility index (Phi) is 15.5. The van der Waals surface area contributed by atoms with Crippen LogP contribution in [0, 0.1) is 5.41 Å². The van der Waals surface area contributed by atoms with Gasteiger partial charge < -0.3 is 18.9 Å². The molecule has 0 saturated carbocycles. The quantitative estimate of drug-likeness (QED) is 0.112. The van der Waals surface area contributed by atoms with Crippen molar-refractivity contribution in [2.24, 2.45) is 5.41 Å². The second-order valence-electron chi connectivity index (χ2n) is 10.1. The molecular weight excluding hydrogens is 468 g/mol. The molecule has 210 valence electrons. The second-order valence-corrected chi connectivity index (χ2v) is 10.1. The predicted octanol–water partition coefficient (Wildman–Crippen LogP) is 6.96. The Balaban J connectivity index is 1.98. The summed E-state index contributed by atoms with van der Waals surface area (Å²) in [5, 5.41) is 0. The lowest BCUT2D eigenvalue weighted by molar-refractivity contribution is -0.176. The molecule has 0 amide bonds. The van der Waals surface area contributed by atoms with Gasteiger partial charge in [-0.2, -0.15) is 0 Å². The Morgan fingerprint density at radius 3 is 2.03 bits per heavy atom. The molecule has 1 atom stereocenters. The first-order chi connectivity index (χ1) is 18.1. The smallest absolute Gasteiger partial charge is 0.323 e. The summed E-state index contributed by atoms with van der Waals surface area (Å²) in [7, 11) is 0. The number of esters is 2. The fraction of sp³-hybridized carbons (Fsp3) is 0.742. The Morgan fingerprint density at radius 2 is 1.43 bits per heavy atom. The van der Waals surface area contributed by atoms with Crippen LogP contribution >= 0.6 is 0 Å². The van der Waals surface area contributed by atoms with Crippen molar-refractivity contribution in [3.8, 4) is 0 Å². The Bertz CT molecular complexity index is 735. The molecule has 1 heterocycles. The van der Waals surface area contributed by atoms with E-state index in [0.717, 1.165) is 37.9 Å². The summed E-state index contributed by atoms with van der Waals surface area (Å²) in [4.78, 5) is 26.4. The molecule has 0 aromatic heterocycles. The van der Waals surface area contributed by atoms with Crippen LogP contribution in [0.2, 0.25) is 0 Å². The first-order valence-corrected chi connectivity index (χ1v) is 14.7. The molecule has 0 N–H and O–H groups in total. The van der Waals surface area contributed by atoms with Gasteiger partial charge in [0.05, 0.1) is 13.2 Å². The van der Waals surface area contributed by atoms with Gasteiger partial charge in [0.2, 0.25) is 0 Å². The molecule has 6 heteroatoms. The van der Waals surface area contributed by atoms with Gasteiger partial charge in [0, 0.05) is 13.2 Å². The van der Waals surface area contributed by atoms with Gasteiger partial charge in [0.25, 0.3) is 0 Å². The summed E-state index contributed by atoms with van der Waals surface area (Å²) in [5.74, 6) is -0.996. The number of rotatable bonds is 19. The number of benzene rings is 1. The SMILES string of the molecule is CCCCCCCCc1ccc(CCC(CCCOC2CCCCO2)(C(=O)OCC)C(=O)OCC)cc1. The van der Waals surface area contributed by atoms with Gasteiger partial charge in [-0.1, -0.05) is 63.3 Å². The van der Waals surface area contributed by atoms with E-state index in [2.05, 4.69) is 31.2 Å². The standard InChI is InChI=1S/C31H50O6/c1-4-7-8-9-10-11-15-26-17-19-27(20-18-26)21-23-31(29(32)34-5-2,30(33)35-6-3)22-14-25-37-28-16-12-13-24-36-28/h17-20,28H,4-16,21-25H2,1-3H3. The average Bonchev–Trinajstić information content (AvgIpc) is 2.92. The molecule has 1 aromatic rings. The summed E-state index contributed by atoms with van der Waals surface area (Å²) in [6.07, 6.45) is 13.5. The van der Waals surface area contributed by atoms with Crippen LogP contribution in [0.5, 0.6) is 0 Å². The minimum absolute atomic E-state index is 0.191. The van der Waals surface area contributed by atoms with Gasteiger partial charge in [-0.25, -0.2) is 0 Å². The molecule has 0 bridgehead atoms. The minimum atomic E-state index is -1.33. The molecule has 1 aliphatic rings. The number of carbonyl (C=O) groups is 2. The van der Waals surface area contributed by atoms with Gasteiger partial charge in [0.1, 0.15) is 0 Å². The fourth-order valence-corrected chi connectivity index (χ4v) is 4.93. The molecule has 1 aromatic carbocycles. The third kappa shape index (κ3) is 11.2. The number of hydrogen-bond acceptors (Lipinski definition) is 6.